The minimum atomic E-state index is -0.365. The minimum Gasteiger partial charge on any atom is -0.485 e. The highest BCUT2D eigenvalue weighted by molar-refractivity contribution is 6.31. The van der Waals surface area contributed by atoms with Crippen molar-refractivity contribution >= 4 is 29.0 Å². The molecule has 0 aliphatic rings. The maximum Gasteiger partial charge on any atom is 0.259 e. The molecule has 5 nitrogen and oxygen atoms in total. The molecule has 0 spiro atoms. The second kappa shape index (κ2) is 10.6. The highest BCUT2D eigenvalue weighted by Gasteiger charge is 2.21. The first-order valence-electron chi connectivity index (χ1n) is 11.4. The Bertz CT molecular complexity index is 1350. The summed E-state index contributed by atoms with van der Waals surface area (Å²) in [7, 11) is 0. The number of hydrogen-bond acceptors (Lipinski definition) is 3. The molecule has 1 atom stereocenters. The highest BCUT2D eigenvalue weighted by Crippen LogP contribution is 2.27. The maximum atomic E-state index is 13.1. The van der Waals surface area contributed by atoms with Gasteiger partial charge in [-0.15, -0.1) is 0 Å². The topological polar surface area (TPSA) is 60.3 Å². The van der Waals surface area contributed by atoms with E-state index in [1.807, 2.05) is 56.3 Å². The van der Waals surface area contributed by atoms with Gasteiger partial charge in [0.25, 0.3) is 5.91 Å². The van der Waals surface area contributed by atoms with Gasteiger partial charge < -0.3 is 14.6 Å². The van der Waals surface area contributed by atoms with Crippen molar-refractivity contribution in [2.75, 3.05) is 11.9 Å². The zero-order chi connectivity index (χ0) is 24.9. The Morgan fingerprint density at radius 1 is 0.914 bits per heavy atom. The number of para-hydroxylation sites is 1. The number of nitrogens with zero attached hydrogens (tertiary/aromatic N) is 1. The van der Waals surface area contributed by atoms with Crippen LogP contribution >= 0.6 is 11.6 Å². The quantitative estimate of drug-likeness (QED) is 0.276. The molecule has 0 radical (unpaired) electrons. The van der Waals surface area contributed by atoms with Crippen LogP contribution in [0.2, 0.25) is 5.02 Å². The molecule has 4 aromatic rings. The number of benzene rings is 3. The summed E-state index contributed by atoms with van der Waals surface area (Å²) in [5, 5.41) is 3.23. The summed E-state index contributed by atoms with van der Waals surface area (Å²) in [6, 6.07) is 26.0. The number of rotatable bonds is 8. The number of nitrogens with one attached hydrogen (secondary N) is 1. The van der Waals surface area contributed by atoms with E-state index in [0.29, 0.717) is 22.0 Å². The third kappa shape index (κ3) is 5.47. The number of anilines is 1. The molecule has 0 bridgehead atoms. The van der Waals surface area contributed by atoms with Gasteiger partial charge in [-0.25, -0.2) is 0 Å². The van der Waals surface area contributed by atoms with Gasteiger partial charge in [0, 0.05) is 27.7 Å². The number of hydrogen-bond donors (Lipinski definition) is 1. The molecule has 178 valence electrons. The van der Waals surface area contributed by atoms with Gasteiger partial charge in [0.1, 0.15) is 5.75 Å². The number of ketones is 1. The first-order chi connectivity index (χ1) is 16.8. The lowest BCUT2D eigenvalue weighted by atomic mass is 10.1. The summed E-state index contributed by atoms with van der Waals surface area (Å²) < 4.78 is 7.99. The summed E-state index contributed by atoms with van der Waals surface area (Å²) in [6.45, 7) is 5.86. The molecule has 0 aliphatic heterocycles. The first kappa shape index (κ1) is 24.3. The average molecular weight is 487 g/mol. The van der Waals surface area contributed by atoms with Crippen molar-refractivity contribution in [3.63, 3.8) is 0 Å². The van der Waals surface area contributed by atoms with E-state index in [0.717, 1.165) is 11.4 Å². The van der Waals surface area contributed by atoms with E-state index in [1.54, 1.807) is 24.3 Å². The van der Waals surface area contributed by atoms with Gasteiger partial charge in [-0.1, -0.05) is 60.1 Å². The third-order valence-electron chi connectivity index (χ3n) is 6.03. The van der Waals surface area contributed by atoms with Gasteiger partial charge in [0.05, 0.1) is 11.6 Å². The van der Waals surface area contributed by atoms with Crippen LogP contribution in [0, 0.1) is 13.8 Å². The molecule has 35 heavy (non-hydrogen) atoms. The Labute approximate surface area is 210 Å². The number of ether oxygens (including phenoxy) is 1. The van der Waals surface area contributed by atoms with E-state index in [-0.39, 0.29) is 29.9 Å². The lowest BCUT2D eigenvalue weighted by molar-refractivity contribution is 0.0913. The molecule has 1 N–H and O–H groups in total. The van der Waals surface area contributed by atoms with E-state index in [2.05, 4.69) is 28.9 Å². The Kier molecular flexibility index (Phi) is 7.37. The minimum absolute atomic E-state index is 0.0863. The lowest BCUT2D eigenvalue weighted by Gasteiger charge is -2.19. The average Bonchev–Trinajstić information content (AvgIpc) is 3.17. The predicted octanol–water partition coefficient (Wildman–Crippen LogP) is 6.88. The summed E-state index contributed by atoms with van der Waals surface area (Å²) in [6.07, 6.45) is 0. The Hall–Kier alpha value is -3.83. The second-order valence-electron chi connectivity index (χ2n) is 8.41. The van der Waals surface area contributed by atoms with Crippen molar-refractivity contribution in [1.82, 2.24) is 4.57 Å². The van der Waals surface area contributed by atoms with Crippen molar-refractivity contribution in [3.8, 4) is 5.75 Å². The van der Waals surface area contributed by atoms with Crippen LogP contribution in [0.15, 0.2) is 84.9 Å². The molecular formula is C29H27ClN2O3. The normalized spacial score (nSPS) is 11.7. The van der Waals surface area contributed by atoms with Crippen LogP contribution in [-0.4, -0.2) is 22.9 Å². The largest absolute Gasteiger partial charge is 0.485 e. The number of carbonyl (C=O) groups excluding carboxylic acids is 2. The zero-order valence-corrected chi connectivity index (χ0v) is 20.7. The molecule has 4 rings (SSSR count). The van der Waals surface area contributed by atoms with Crippen molar-refractivity contribution in [2.24, 2.45) is 0 Å². The molecule has 6 heteroatoms. The molecule has 0 saturated carbocycles. The molecule has 1 aromatic heterocycles. The Morgan fingerprint density at radius 3 is 2.26 bits per heavy atom. The highest BCUT2D eigenvalue weighted by atomic mass is 35.5. The number of amides is 1. The van der Waals surface area contributed by atoms with E-state index in [1.165, 1.54) is 11.6 Å². The fraction of sp³-hybridized carbons (Fsp3) is 0.172. The zero-order valence-electron chi connectivity index (χ0n) is 19.9. The molecular weight excluding hydrogens is 460 g/mol. The Morgan fingerprint density at radius 2 is 1.57 bits per heavy atom. The SMILES string of the molecule is Cc1cc(C(=O)COc2ccc(Cl)cc2C(=O)Nc2ccccc2)c(C)n1[C@H](C)c1ccccc1. The molecule has 0 aliphatic carbocycles. The maximum absolute atomic E-state index is 13.1. The van der Waals surface area contributed by atoms with Crippen LogP contribution in [0.25, 0.3) is 0 Å². The number of aryl methyl sites for hydroxylation is 1. The van der Waals surface area contributed by atoms with Crippen LogP contribution < -0.4 is 10.1 Å². The van der Waals surface area contributed by atoms with E-state index in [4.69, 9.17) is 16.3 Å². The van der Waals surface area contributed by atoms with Gasteiger partial charge in [-0.05, 0) is 62.7 Å². The number of carbonyl (C=O) groups is 2. The lowest BCUT2D eigenvalue weighted by Crippen LogP contribution is -2.17. The smallest absolute Gasteiger partial charge is 0.259 e. The fourth-order valence-corrected chi connectivity index (χ4v) is 4.45. The monoisotopic (exact) mass is 486 g/mol. The number of Topliss-reactive ketones (excluding diaryl/α,β-unsaturated/α-hetero) is 1. The summed E-state index contributed by atoms with van der Waals surface area (Å²) in [5.41, 5.74) is 4.56. The van der Waals surface area contributed by atoms with Gasteiger partial charge in [0.2, 0.25) is 5.78 Å². The number of halogens is 1. The van der Waals surface area contributed by atoms with Crippen LogP contribution in [0.3, 0.4) is 0 Å². The molecule has 0 unspecified atom stereocenters. The summed E-state index contributed by atoms with van der Waals surface area (Å²) in [4.78, 5) is 26.0. The number of aromatic nitrogens is 1. The van der Waals surface area contributed by atoms with Gasteiger partial charge in [-0.2, -0.15) is 0 Å². The molecule has 1 amide bonds. The predicted molar refractivity (Wildman–Crippen MR) is 140 cm³/mol. The first-order valence-corrected chi connectivity index (χ1v) is 11.8. The summed E-state index contributed by atoms with van der Waals surface area (Å²) >= 11 is 6.14. The van der Waals surface area contributed by atoms with Crippen molar-refractivity contribution in [1.29, 1.82) is 0 Å². The van der Waals surface area contributed by atoms with Gasteiger partial charge in [-0.3, -0.25) is 9.59 Å². The van der Waals surface area contributed by atoms with Crippen LogP contribution in [0.1, 0.15) is 50.6 Å². The van der Waals surface area contributed by atoms with E-state index < -0.39 is 0 Å². The standard InChI is InChI=1S/C29H27ClN2O3/c1-19-16-25(21(3)32(19)20(2)22-10-6-4-7-11-22)27(33)18-35-28-15-14-23(30)17-26(28)29(34)31-24-12-8-5-9-13-24/h4-17,20H,18H2,1-3H3,(H,31,34)/t20-/m1/s1. The van der Waals surface area contributed by atoms with Crippen molar-refractivity contribution < 1.29 is 14.3 Å². The van der Waals surface area contributed by atoms with Crippen LogP contribution in [0.4, 0.5) is 5.69 Å². The van der Waals surface area contributed by atoms with Gasteiger partial charge in [0.15, 0.2) is 6.61 Å². The fourth-order valence-electron chi connectivity index (χ4n) is 4.28. The second-order valence-corrected chi connectivity index (χ2v) is 8.85. The van der Waals surface area contributed by atoms with Crippen LogP contribution in [0.5, 0.6) is 5.75 Å². The van der Waals surface area contributed by atoms with E-state index >= 15 is 0 Å². The van der Waals surface area contributed by atoms with Crippen molar-refractivity contribution in [2.45, 2.75) is 26.8 Å². The van der Waals surface area contributed by atoms with E-state index in [9.17, 15) is 9.59 Å². The molecule has 1 heterocycles. The molecule has 0 saturated heterocycles. The third-order valence-corrected chi connectivity index (χ3v) is 6.27. The molecule has 3 aromatic carbocycles. The van der Waals surface area contributed by atoms with Crippen molar-refractivity contribution in [3.05, 3.63) is 118 Å². The van der Waals surface area contributed by atoms with Crippen LogP contribution in [-0.2, 0) is 0 Å². The molecule has 0 fully saturated rings. The Balaban J connectivity index is 1.52. The summed E-state index contributed by atoms with van der Waals surface area (Å²) in [5.74, 6) is -0.229. The van der Waals surface area contributed by atoms with Gasteiger partial charge >= 0.3 is 0 Å².